The summed E-state index contributed by atoms with van der Waals surface area (Å²) in [7, 11) is 0. The summed E-state index contributed by atoms with van der Waals surface area (Å²) >= 11 is 0. The molecule has 88 valence electrons. The van der Waals surface area contributed by atoms with Gasteiger partial charge in [-0.15, -0.1) is 0 Å². The summed E-state index contributed by atoms with van der Waals surface area (Å²) in [6.07, 6.45) is 4.63. The van der Waals surface area contributed by atoms with Gasteiger partial charge in [0, 0.05) is 25.3 Å². The zero-order valence-electron chi connectivity index (χ0n) is 10.2. The van der Waals surface area contributed by atoms with E-state index in [9.17, 15) is 0 Å². The van der Waals surface area contributed by atoms with Gasteiger partial charge in [-0.05, 0) is 44.0 Å². The second-order valence-corrected chi connectivity index (χ2v) is 4.50. The van der Waals surface area contributed by atoms with E-state index in [4.69, 9.17) is 0 Å². The average molecular weight is 219 g/mol. The van der Waals surface area contributed by atoms with Crippen molar-refractivity contribution in [2.45, 2.75) is 32.7 Å². The van der Waals surface area contributed by atoms with Gasteiger partial charge in [-0.3, -0.25) is 4.90 Å². The van der Waals surface area contributed by atoms with Gasteiger partial charge in [-0.25, -0.2) is 4.98 Å². The lowest BCUT2D eigenvalue weighted by atomic mass is 10.3. The average Bonchev–Trinajstić information content (AvgIpc) is 3.08. The zero-order chi connectivity index (χ0) is 11.4. The van der Waals surface area contributed by atoms with Crippen LogP contribution in [0.15, 0.2) is 18.3 Å². The molecule has 1 fully saturated rings. The number of hydrogen-bond acceptors (Lipinski definition) is 3. The molecule has 1 aliphatic rings. The van der Waals surface area contributed by atoms with Crippen LogP contribution in [0.25, 0.3) is 0 Å². The first-order chi connectivity index (χ1) is 7.79. The fourth-order valence-corrected chi connectivity index (χ4v) is 2.00. The molecule has 0 spiro atoms. The van der Waals surface area contributed by atoms with Gasteiger partial charge < -0.3 is 5.32 Å². The third-order valence-corrected chi connectivity index (χ3v) is 3.09. The summed E-state index contributed by atoms with van der Waals surface area (Å²) in [5, 5.41) is 3.38. The molecule has 1 saturated carbocycles. The Hall–Kier alpha value is -1.09. The number of nitrogens with zero attached hydrogens (tertiary/aromatic N) is 2. The minimum atomic E-state index is 0.859. The zero-order valence-corrected chi connectivity index (χ0v) is 10.2. The Morgan fingerprint density at radius 3 is 2.94 bits per heavy atom. The Bertz CT molecular complexity index is 334. The lowest BCUT2D eigenvalue weighted by molar-refractivity contribution is 0.289. The molecule has 0 atom stereocenters. The first-order valence-corrected chi connectivity index (χ1v) is 6.20. The molecule has 16 heavy (non-hydrogen) atoms. The third-order valence-electron chi connectivity index (χ3n) is 3.09. The highest BCUT2D eigenvalue weighted by atomic mass is 15.2. The molecule has 0 unspecified atom stereocenters. The highest BCUT2D eigenvalue weighted by molar-refractivity contribution is 5.36. The minimum absolute atomic E-state index is 0.859. The van der Waals surface area contributed by atoms with Gasteiger partial charge in [-0.2, -0.15) is 0 Å². The van der Waals surface area contributed by atoms with Crippen LogP contribution >= 0.6 is 0 Å². The number of pyridine rings is 1. The molecule has 3 nitrogen and oxygen atoms in total. The molecule has 0 radical (unpaired) electrons. The van der Waals surface area contributed by atoms with Gasteiger partial charge in [0.25, 0.3) is 0 Å². The molecular weight excluding hydrogens is 198 g/mol. The molecule has 0 amide bonds. The molecule has 0 saturated heterocycles. The standard InChI is InChI=1S/C13H21N3/c1-3-16(12-4-5-12)9-8-15-13-10-11(2)6-7-14-13/h6-7,10,12H,3-5,8-9H2,1-2H3,(H,14,15). The first-order valence-electron chi connectivity index (χ1n) is 6.20. The summed E-state index contributed by atoms with van der Waals surface area (Å²) < 4.78 is 0. The van der Waals surface area contributed by atoms with Gasteiger partial charge in [-0.1, -0.05) is 6.92 Å². The van der Waals surface area contributed by atoms with Crippen molar-refractivity contribution in [2.75, 3.05) is 25.0 Å². The molecule has 1 aromatic heterocycles. The van der Waals surface area contributed by atoms with Crippen LogP contribution in [0.5, 0.6) is 0 Å². The van der Waals surface area contributed by atoms with Crippen molar-refractivity contribution >= 4 is 5.82 Å². The lowest BCUT2D eigenvalue weighted by Crippen LogP contribution is -2.31. The Kier molecular flexibility index (Phi) is 3.78. The van der Waals surface area contributed by atoms with Crippen LogP contribution in [-0.2, 0) is 0 Å². The fraction of sp³-hybridized carbons (Fsp3) is 0.615. The van der Waals surface area contributed by atoms with Gasteiger partial charge in [0.2, 0.25) is 0 Å². The Morgan fingerprint density at radius 1 is 1.50 bits per heavy atom. The minimum Gasteiger partial charge on any atom is -0.369 e. The smallest absolute Gasteiger partial charge is 0.126 e. The van der Waals surface area contributed by atoms with Crippen LogP contribution in [0, 0.1) is 6.92 Å². The van der Waals surface area contributed by atoms with Crippen molar-refractivity contribution in [2.24, 2.45) is 0 Å². The largest absolute Gasteiger partial charge is 0.369 e. The Labute approximate surface area is 97.9 Å². The van der Waals surface area contributed by atoms with E-state index in [1.807, 2.05) is 12.3 Å². The molecule has 1 aliphatic carbocycles. The van der Waals surface area contributed by atoms with E-state index in [1.165, 1.54) is 18.4 Å². The van der Waals surface area contributed by atoms with E-state index in [1.54, 1.807) is 0 Å². The Balaban J connectivity index is 1.74. The maximum Gasteiger partial charge on any atom is 0.126 e. The highest BCUT2D eigenvalue weighted by Gasteiger charge is 2.26. The number of rotatable bonds is 6. The van der Waals surface area contributed by atoms with Crippen LogP contribution < -0.4 is 5.32 Å². The van der Waals surface area contributed by atoms with Crippen LogP contribution in [0.2, 0.25) is 0 Å². The summed E-state index contributed by atoms with van der Waals surface area (Å²) in [6.45, 7) is 7.60. The maximum absolute atomic E-state index is 4.29. The van der Waals surface area contributed by atoms with E-state index in [0.717, 1.165) is 31.5 Å². The highest BCUT2D eigenvalue weighted by Crippen LogP contribution is 2.25. The number of nitrogens with one attached hydrogen (secondary N) is 1. The lowest BCUT2D eigenvalue weighted by Gasteiger charge is -2.19. The summed E-state index contributed by atoms with van der Waals surface area (Å²) in [4.78, 5) is 6.84. The van der Waals surface area contributed by atoms with Crippen molar-refractivity contribution in [1.82, 2.24) is 9.88 Å². The predicted octanol–water partition coefficient (Wildman–Crippen LogP) is 2.29. The molecule has 1 N–H and O–H groups in total. The molecule has 1 heterocycles. The van der Waals surface area contributed by atoms with Crippen LogP contribution in [0.1, 0.15) is 25.3 Å². The predicted molar refractivity (Wildman–Crippen MR) is 67.7 cm³/mol. The van der Waals surface area contributed by atoms with Gasteiger partial charge in [0.1, 0.15) is 5.82 Å². The van der Waals surface area contributed by atoms with Gasteiger partial charge in [0.05, 0.1) is 0 Å². The normalized spacial score (nSPS) is 15.4. The third kappa shape index (κ3) is 3.20. The van der Waals surface area contributed by atoms with Crippen molar-refractivity contribution in [3.63, 3.8) is 0 Å². The van der Waals surface area contributed by atoms with Gasteiger partial charge >= 0.3 is 0 Å². The van der Waals surface area contributed by atoms with E-state index in [-0.39, 0.29) is 0 Å². The van der Waals surface area contributed by atoms with Crippen molar-refractivity contribution in [3.8, 4) is 0 Å². The fourth-order valence-electron chi connectivity index (χ4n) is 2.00. The summed E-state index contributed by atoms with van der Waals surface area (Å²) in [6, 6.07) is 4.97. The first kappa shape index (κ1) is 11.4. The monoisotopic (exact) mass is 219 g/mol. The second-order valence-electron chi connectivity index (χ2n) is 4.50. The van der Waals surface area contributed by atoms with Gasteiger partial charge in [0.15, 0.2) is 0 Å². The van der Waals surface area contributed by atoms with Crippen LogP contribution in [0.4, 0.5) is 5.82 Å². The van der Waals surface area contributed by atoms with Crippen molar-refractivity contribution in [1.29, 1.82) is 0 Å². The number of hydrogen-bond donors (Lipinski definition) is 1. The maximum atomic E-state index is 4.29. The number of aromatic nitrogens is 1. The summed E-state index contributed by atoms with van der Waals surface area (Å²) in [5.41, 5.74) is 1.26. The van der Waals surface area contributed by atoms with E-state index < -0.39 is 0 Å². The molecule has 0 aliphatic heterocycles. The Morgan fingerprint density at radius 2 is 2.31 bits per heavy atom. The number of likely N-dealkylation sites (N-methyl/N-ethyl adjacent to an activating group) is 1. The topological polar surface area (TPSA) is 28.2 Å². The molecule has 0 aromatic carbocycles. The van der Waals surface area contributed by atoms with E-state index >= 15 is 0 Å². The molecule has 0 bridgehead atoms. The number of anilines is 1. The van der Waals surface area contributed by atoms with Crippen LogP contribution in [0.3, 0.4) is 0 Å². The molecule has 2 rings (SSSR count). The van der Waals surface area contributed by atoms with Crippen molar-refractivity contribution in [3.05, 3.63) is 23.9 Å². The van der Waals surface area contributed by atoms with E-state index in [2.05, 4.69) is 35.1 Å². The van der Waals surface area contributed by atoms with Crippen LogP contribution in [-0.4, -0.2) is 35.6 Å². The van der Waals surface area contributed by atoms with Crippen molar-refractivity contribution < 1.29 is 0 Å². The quantitative estimate of drug-likeness (QED) is 0.795. The molecule has 3 heteroatoms. The summed E-state index contributed by atoms with van der Waals surface area (Å²) in [5.74, 6) is 0.992. The molecule has 1 aromatic rings. The molecular formula is C13H21N3. The number of aryl methyl sites for hydroxylation is 1. The van der Waals surface area contributed by atoms with E-state index in [0.29, 0.717) is 0 Å². The second kappa shape index (κ2) is 5.30. The SMILES string of the molecule is CCN(CCNc1cc(C)ccn1)C1CC1.